The minimum absolute atomic E-state index is 0.0358. The fraction of sp³-hybridized carbons (Fsp3) is 0.600. The van der Waals surface area contributed by atoms with Gasteiger partial charge in [0.15, 0.2) is 0 Å². The zero-order chi connectivity index (χ0) is 12.3. The van der Waals surface area contributed by atoms with Gasteiger partial charge < -0.3 is 10.5 Å². The van der Waals surface area contributed by atoms with Crippen molar-refractivity contribution in [3.63, 3.8) is 0 Å². The second kappa shape index (κ2) is 5.65. The first-order valence-electron chi connectivity index (χ1n) is 6.75. The summed E-state index contributed by atoms with van der Waals surface area (Å²) < 4.78 is 5.67. The van der Waals surface area contributed by atoms with Crippen LogP contribution in [-0.2, 0) is 17.6 Å². The Morgan fingerprint density at radius 1 is 1.29 bits per heavy atom. The van der Waals surface area contributed by atoms with Crippen LogP contribution in [0, 0.1) is 0 Å². The minimum Gasteiger partial charge on any atom is -0.376 e. The summed E-state index contributed by atoms with van der Waals surface area (Å²) in [6.45, 7) is 5.27. The number of rotatable bonds is 4. The van der Waals surface area contributed by atoms with Gasteiger partial charge in [0.05, 0.1) is 12.1 Å². The monoisotopic (exact) mass is 233 g/mol. The van der Waals surface area contributed by atoms with Crippen LogP contribution in [0.4, 0.5) is 0 Å². The summed E-state index contributed by atoms with van der Waals surface area (Å²) in [7, 11) is 0. The van der Waals surface area contributed by atoms with Crippen molar-refractivity contribution in [3.05, 3.63) is 34.9 Å². The number of nitrogens with two attached hydrogens (primary N) is 1. The Morgan fingerprint density at radius 2 is 2.06 bits per heavy atom. The highest BCUT2D eigenvalue weighted by molar-refractivity contribution is 5.34. The van der Waals surface area contributed by atoms with Gasteiger partial charge in [-0.15, -0.1) is 0 Å². The molecule has 0 aromatic heterocycles. The summed E-state index contributed by atoms with van der Waals surface area (Å²) in [5.41, 5.74) is 10.4. The van der Waals surface area contributed by atoms with Gasteiger partial charge in [0.25, 0.3) is 0 Å². The third kappa shape index (κ3) is 2.70. The first-order valence-corrected chi connectivity index (χ1v) is 6.75. The van der Waals surface area contributed by atoms with Gasteiger partial charge in [-0.05, 0) is 42.4 Å². The third-order valence-electron chi connectivity index (χ3n) is 3.74. The molecule has 1 aromatic carbocycles. The van der Waals surface area contributed by atoms with Crippen LogP contribution in [0.3, 0.4) is 0 Å². The van der Waals surface area contributed by atoms with Gasteiger partial charge >= 0.3 is 0 Å². The first-order chi connectivity index (χ1) is 8.26. The molecule has 0 amide bonds. The largest absolute Gasteiger partial charge is 0.376 e. The van der Waals surface area contributed by atoms with Gasteiger partial charge in [-0.25, -0.2) is 0 Å². The second-order valence-corrected chi connectivity index (χ2v) is 4.81. The summed E-state index contributed by atoms with van der Waals surface area (Å²) in [4.78, 5) is 0. The maximum Gasteiger partial charge on any atom is 0.0768 e. The molecule has 0 aliphatic carbocycles. The lowest BCUT2D eigenvalue weighted by Crippen LogP contribution is -2.25. The molecule has 2 N–H and O–H groups in total. The number of hydrogen-bond acceptors (Lipinski definition) is 2. The molecule has 0 radical (unpaired) electrons. The van der Waals surface area contributed by atoms with E-state index in [2.05, 4.69) is 32.0 Å². The Balaban J connectivity index is 2.20. The molecule has 0 saturated carbocycles. The SMILES string of the molecule is CCc1ccc(C(N)C2CCCO2)cc1CC. The molecule has 2 atom stereocenters. The third-order valence-corrected chi connectivity index (χ3v) is 3.74. The molecule has 1 aliphatic rings. The number of benzene rings is 1. The van der Waals surface area contributed by atoms with Gasteiger partial charge in [-0.1, -0.05) is 32.0 Å². The molecule has 2 unspecified atom stereocenters. The van der Waals surface area contributed by atoms with Crippen LogP contribution in [-0.4, -0.2) is 12.7 Å². The lowest BCUT2D eigenvalue weighted by Gasteiger charge is -2.20. The smallest absolute Gasteiger partial charge is 0.0768 e. The Hall–Kier alpha value is -0.860. The van der Waals surface area contributed by atoms with E-state index in [1.54, 1.807) is 0 Å². The molecule has 1 heterocycles. The molecule has 2 heteroatoms. The van der Waals surface area contributed by atoms with Crippen molar-refractivity contribution in [2.24, 2.45) is 5.73 Å². The molecule has 94 valence electrons. The van der Waals surface area contributed by atoms with Crippen molar-refractivity contribution in [2.75, 3.05) is 6.61 Å². The molecule has 1 saturated heterocycles. The molecule has 17 heavy (non-hydrogen) atoms. The molecular weight excluding hydrogens is 210 g/mol. The number of hydrogen-bond donors (Lipinski definition) is 1. The van der Waals surface area contributed by atoms with Gasteiger partial charge in [-0.3, -0.25) is 0 Å². The van der Waals surface area contributed by atoms with Gasteiger partial charge in [0.1, 0.15) is 0 Å². The van der Waals surface area contributed by atoms with E-state index in [4.69, 9.17) is 10.5 Å². The van der Waals surface area contributed by atoms with Crippen molar-refractivity contribution >= 4 is 0 Å². The summed E-state index contributed by atoms with van der Waals surface area (Å²) >= 11 is 0. The van der Waals surface area contributed by atoms with E-state index in [0.29, 0.717) is 0 Å². The van der Waals surface area contributed by atoms with Crippen molar-refractivity contribution in [1.29, 1.82) is 0 Å². The Bertz CT molecular complexity index is 369. The molecule has 1 fully saturated rings. The molecule has 2 nitrogen and oxygen atoms in total. The van der Waals surface area contributed by atoms with E-state index in [-0.39, 0.29) is 12.1 Å². The number of aryl methyl sites for hydroxylation is 2. The summed E-state index contributed by atoms with van der Waals surface area (Å²) in [6.07, 6.45) is 4.63. The lowest BCUT2D eigenvalue weighted by atomic mass is 9.94. The molecule has 1 aliphatic heterocycles. The fourth-order valence-electron chi connectivity index (χ4n) is 2.63. The standard InChI is InChI=1S/C15H23NO/c1-3-11-7-8-13(10-12(11)4-2)15(16)14-6-5-9-17-14/h7-8,10,14-15H,3-6,9,16H2,1-2H3. The van der Waals surface area contributed by atoms with E-state index in [1.165, 1.54) is 16.7 Å². The number of ether oxygens (including phenoxy) is 1. The average molecular weight is 233 g/mol. The van der Waals surface area contributed by atoms with Crippen LogP contribution >= 0.6 is 0 Å². The predicted molar refractivity (Wildman–Crippen MR) is 71.1 cm³/mol. The predicted octanol–water partition coefficient (Wildman–Crippen LogP) is 2.99. The van der Waals surface area contributed by atoms with E-state index in [9.17, 15) is 0 Å². The maximum atomic E-state index is 6.29. The average Bonchev–Trinajstić information content (AvgIpc) is 2.90. The van der Waals surface area contributed by atoms with Gasteiger partial charge in [-0.2, -0.15) is 0 Å². The summed E-state index contributed by atoms with van der Waals surface area (Å²) in [5.74, 6) is 0. The van der Waals surface area contributed by atoms with E-state index < -0.39 is 0 Å². The fourth-order valence-corrected chi connectivity index (χ4v) is 2.63. The highest BCUT2D eigenvalue weighted by Crippen LogP contribution is 2.26. The van der Waals surface area contributed by atoms with Crippen molar-refractivity contribution in [3.8, 4) is 0 Å². The lowest BCUT2D eigenvalue weighted by molar-refractivity contribution is 0.0900. The van der Waals surface area contributed by atoms with Crippen LogP contribution < -0.4 is 5.73 Å². The van der Waals surface area contributed by atoms with Crippen LogP contribution in [0.15, 0.2) is 18.2 Å². The first kappa shape index (κ1) is 12.6. The Labute approximate surface area is 104 Å². The second-order valence-electron chi connectivity index (χ2n) is 4.81. The van der Waals surface area contributed by atoms with Crippen LogP contribution in [0.1, 0.15) is 49.4 Å². The van der Waals surface area contributed by atoms with E-state index in [0.717, 1.165) is 32.3 Å². The summed E-state index contributed by atoms with van der Waals surface area (Å²) in [6, 6.07) is 6.70. The molecule has 0 bridgehead atoms. The normalized spacial score (nSPS) is 21.7. The van der Waals surface area contributed by atoms with Crippen molar-refractivity contribution in [2.45, 2.75) is 51.7 Å². The van der Waals surface area contributed by atoms with Crippen molar-refractivity contribution < 1.29 is 4.74 Å². The molecular formula is C15H23NO. The van der Waals surface area contributed by atoms with E-state index >= 15 is 0 Å². The molecule has 0 spiro atoms. The highest BCUT2D eigenvalue weighted by Gasteiger charge is 2.24. The van der Waals surface area contributed by atoms with Gasteiger partial charge in [0, 0.05) is 6.61 Å². The van der Waals surface area contributed by atoms with Crippen LogP contribution in [0.5, 0.6) is 0 Å². The zero-order valence-corrected chi connectivity index (χ0v) is 10.9. The Morgan fingerprint density at radius 3 is 2.65 bits per heavy atom. The molecule has 1 aromatic rings. The van der Waals surface area contributed by atoms with Crippen LogP contribution in [0.2, 0.25) is 0 Å². The Kier molecular flexibility index (Phi) is 4.19. The minimum atomic E-state index is 0.0358. The quantitative estimate of drug-likeness (QED) is 0.867. The maximum absolute atomic E-state index is 6.29. The van der Waals surface area contributed by atoms with E-state index in [1.807, 2.05) is 0 Å². The topological polar surface area (TPSA) is 35.2 Å². The van der Waals surface area contributed by atoms with Crippen molar-refractivity contribution in [1.82, 2.24) is 0 Å². The summed E-state index contributed by atoms with van der Waals surface area (Å²) in [5, 5.41) is 0. The highest BCUT2D eigenvalue weighted by atomic mass is 16.5. The zero-order valence-electron chi connectivity index (χ0n) is 10.9. The van der Waals surface area contributed by atoms with Crippen LogP contribution in [0.25, 0.3) is 0 Å². The van der Waals surface area contributed by atoms with Gasteiger partial charge in [0.2, 0.25) is 0 Å². The molecule has 2 rings (SSSR count).